The average molecular weight is 432 g/mol. The van der Waals surface area contributed by atoms with E-state index in [1.54, 1.807) is 17.9 Å². The van der Waals surface area contributed by atoms with Gasteiger partial charge in [0.1, 0.15) is 4.88 Å². The summed E-state index contributed by atoms with van der Waals surface area (Å²) >= 11 is 1.15. The third-order valence-electron chi connectivity index (χ3n) is 6.44. The molecule has 2 N–H and O–H groups in total. The normalized spacial score (nSPS) is 23.1. The first-order valence-electron chi connectivity index (χ1n) is 10.9. The molecule has 0 bridgehead atoms. The van der Waals surface area contributed by atoms with Gasteiger partial charge in [0.05, 0.1) is 16.1 Å². The van der Waals surface area contributed by atoms with Crippen molar-refractivity contribution in [3.05, 3.63) is 15.8 Å². The first-order chi connectivity index (χ1) is 14.1. The van der Waals surface area contributed by atoms with Crippen LogP contribution in [0, 0.1) is 29.1 Å². The smallest absolute Gasteiger partial charge is 0.348 e. The standard InChI is InChI=1S/C24H33NO4S/c1-16(27)25(24(9-6-5-7-10-24)18-12-17(13-18)15-26)20-14-19(8-11-23(2,3)4)30-21(20)22(28)29/h14,17-18,26H,5-7,9-10,12-13,15H2,1-4H3,(H,28,29). The summed E-state index contributed by atoms with van der Waals surface area (Å²) in [6, 6.07) is 1.80. The predicted molar refractivity (Wildman–Crippen MR) is 120 cm³/mol. The van der Waals surface area contributed by atoms with Crippen LogP contribution in [-0.4, -0.2) is 34.2 Å². The number of nitrogens with zero attached hydrogens (tertiary/aromatic N) is 1. The van der Waals surface area contributed by atoms with Gasteiger partial charge in [-0.2, -0.15) is 0 Å². The highest BCUT2D eigenvalue weighted by atomic mass is 32.1. The molecule has 0 saturated heterocycles. The topological polar surface area (TPSA) is 77.8 Å². The van der Waals surface area contributed by atoms with Gasteiger partial charge in [-0.1, -0.05) is 31.1 Å². The molecule has 2 fully saturated rings. The third kappa shape index (κ3) is 4.58. The van der Waals surface area contributed by atoms with Gasteiger partial charge in [-0.25, -0.2) is 4.79 Å². The van der Waals surface area contributed by atoms with Crippen LogP contribution in [0.2, 0.25) is 0 Å². The van der Waals surface area contributed by atoms with Gasteiger partial charge in [-0.05, 0) is 64.4 Å². The van der Waals surface area contributed by atoms with Gasteiger partial charge in [-0.3, -0.25) is 4.79 Å². The lowest BCUT2D eigenvalue weighted by molar-refractivity contribution is -0.119. The van der Waals surface area contributed by atoms with E-state index in [4.69, 9.17) is 0 Å². The summed E-state index contributed by atoms with van der Waals surface area (Å²) in [6.45, 7) is 7.76. The zero-order chi connectivity index (χ0) is 22.1. The quantitative estimate of drug-likeness (QED) is 0.649. The molecule has 6 heteroatoms. The molecule has 0 radical (unpaired) electrons. The van der Waals surface area contributed by atoms with Gasteiger partial charge in [-0.15, -0.1) is 11.3 Å². The van der Waals surface area contributed by atoms with Crippen molar-refractivity contribution in [2.45, 2.75) is 78.2 Å². The Balaban J connectivity index is 2.08. The first-order valence-corrected chi connectivity index (χ1v) is 11.7. The molecule has 1 aromatic rings. The van der Waals surface area contributed by atoms with Crippen molar-refractivity contribution in [2.24, 2.45) is 17.3 Å². The van der Waals surface area contributed by atoms with E-state index in [1.165, 1.54) is 0 Å². The molecular weight excluding hydrogens is 398 g/mol. The van der Waals surface area contributed by atoms with Gasteiger partial charge in [0.15, 0.2) is 0 Å². The number of hydrogen-bond acceptors (Lipinski definition) is 4. The number of aliphatic hydroxyl groups is 1. The monoisotopic (exact) mass is 431 g/mol. The van der Waals surface area contributed by atoms with E-state index in [9.17, 15) is 19.8 Å². The summed E-state index contributed by atoms with van der Waals surface area (Å²) in [5.41, 5.74) is -0.0631. The summed E-state index contributed by atoms with van der Waals surface area (Å²) in [5, 5.41) is 19.4. The first kappa shape index (κ1) is 22.8. The molecule has 2 aliphatic rings. The number of carbonyl (C=O) groups excluding carboxylic acids is 1. The second-order valence-electron chi connectivity index (χ2n) is 9.87. The van der Waals surface area contributed by atoms with E-state index in [2.05, 4.69) is 11.8 Å². The van der Waals surface area contributed by atoms with Crippen LogP contribution in [0.1, 0.15) is 87.2 Å². The molecule has 0 atom stereocenters. The fourth-order valence-corrected chi connectivity index (χ4v) is 5.87. The third-order valence-corrected chi connectivity index (χ3v) is 7.47. The molecule has 3 rings (SSSR count). The Morgan fingerprint density at radius 1 is 1.23 bits per heavy atom. The second kappa shape index (κ2) is 8.72. The zero-order valence-corrected chi connectivity index (χ0v) is 19.3. The summed E-state index contributed by atoms with van der Waals surface area (Å²) in [5.74, 6) is 5.74. The number of carboxylic acids is 1. The van der Waals surface area contributed by atoms with Gasteiger partial charge in [0.25, 0.3) is 0 Å². The minimum absolute atomic E-state index is 0.111. The number of hydrogen-bond donors (Lipinski definition) is 2. The van der Waals surface area contributed by atoms with E-state index >= 15 is 0 Å². The molecule has 2 saturated carbocycles. The minimum Gasteiger partial charge on any atom is -0.477 e. The molecule has 0 unspecified atom stereocenters. The van der Waals surface area contributed by atoms with E-state index in [0.29, 0.717) is 16.5 Å². The van der Waals surface area contributed by atoms with E-state index in [-0.39, 0.29) is 34.3 Å². The largest absolute Gasteiger partial charge is 0.477 e. The van der Waals surface area contributed by atoms with Crippen molar-refractivity contribution in [3.63, 3.8) is 0 Å². The number of aliphatic hydroxyl groups excluding tert-OH is 1. The SMILES string of the molecule is CC(=O)N(c1cc(C#CC(C)(C)C)sc1C(=O)O)C1(C2CC(CO)C2)CCCCC1. The van der Waals surface area contributed by atoms with Crippen LogP contribution < -0.4 is 4.90 Å². The number of rotatable bonds is 5. The highest BCUT2D eigenvalue weighted by molar-refractivity contribution is 7.15. The molecule has 2 aliphatic carbocycles. The Labute approximate surface area is 183 Å². The molecule has 1 amide bonds. The summed E-state index contributed by atoms with van der Waals surface area (Å²) in [7, 11) is 0. The molecule has 30 heavy (non-hydrogen) atoms. The maximum Gasteiger partial charge on any atom is 0.348 e. The van der Waals surface area contributed by atoms with E-state index in [1.807, 2.05) is 20.8 Å². The summed E-state index contributed by atoms with van der Waals surface area (Å²) < 4.78 is 0. The number of carbonyl (C=O) groups is 2. The van der Waals surface area contributed by atoms with Crippen LogP contribution in [0.5, 0.6) is 0 Å². The van der Waals surface area contributed by atoms with E-state index in [0.717, 1.165) is 56.3 Å². The number of carboxylic acid groups (broad SMARTS) is 1. The maximum absolute atomic E-state index is 13.0. The number of amides is 1. The van der Waals surface area contributed by atoms with Crippen molar-refractivity contribution in [1.82, 2.24) is 0 Å². The molecule has 0 spiro atoms. The fourth-order valence-electron chi connectivity index (χ4n) is 5.04. The lowest BCUT2D eigenvalue weighted by Crippen LogP contribution is -2.60. The second-order valence-corrected chi connectivity index (χ2v) is 10.9. The lowest BCUT2D eigenvalue weighted by atomic mass is 9.59. The molecule has 164 valence electrons. The summed E-state index contributed by atoms with van der Waals surface area (Å²) in [4.78, 5) is 27.8. The Bertz CT molecular complexity index is 858. The van der Waals surface area contributed by atoms with Gasteiger partial charge < -0.3 is 15.1 Å². The van der Waals surface area contributed by atoms with Crippen molar-refractivity contribution in [1.29, 1.82) is 0 Å². The average Bonchev–Trinajstić information content (AvgIpc) is 3.03. The van der Waals surface area contributed by atoms with Gasteiger partial charge in [0.2, 0.25) is 5.91 Å². The van der Waals surface area contributed by atoms with Gasteiger partial charge in [0, 0.05) is 18.9 Å². The molecule has 1 heterocycles. The van der Waals surface area contributed by atoms with Crippen molar-refractivity contribution in [3.8, 4) is 11.8 Å². The predicted octanol–water partition coefficient (Wildman–Crippen LogP) is 4.92. The molecule has 0 aromatic carbocycles. The number of thiophene rings is 1. The maximum atomic E-state index is 13.0. The van der Waals surface area contributed by atoms with Crippen LogP contribution in [0.4, 0.5) is 5.69 Å². The Kier molecular flexibility index (Phi) is 6.64. The van der Waals surface area contributed by atoms with Gasteiger partial charge >= 0.3 is 5.97 Å². The number of aromatic carboxylic acids is 1. The lowest BCUT2D eigenvalue weighted by Gasteiger charge is -2.55. The Hall–Kier alpha value is -1.84. The van der Waals surface area contributed by atoms with Crippen LogP contribution >= 0.6 is 11.3 Å². The van der Waals surface area contributed by atoms with Crippen LogP contribution in [0.3, 0.4) is 0 Å². The number of anilines is 1. The Morgan fingerprint density at radius 2 is 1.87 bits per heavy atom. The highest BCUT2D eigenvalue weighted by Gasteiger charge is 2.51. The van der Waals surface area contributed by atoms with Crippen molar-refractivity contribution < 1.29 is 19.8 Å². The van der Waals surface area contributed by atoms with Crippen LogP contribution in [-0.2, 0) is 4.79 Å². The van der Waals surface area contributed by atoms with Crippen molar-refractivity contribution >= 4 is 28.9 Å². The zero-order valence-electron chi connectivity index (χ0n) is 18.5. The molecular formula is C24H33NO4S. The molecule has 5 nitrogen and oxygen atoms in total. The molecule has 0 aliphatic heterocycles. The van der Waals surface area contributed by atoms with Crippen LogP contribution in [0.15, 0.2) is 6.07 Å². The van der Waals surface area contributed by atoms with Crippen LogP contribution in [0.25, 0.3) is 0 Å². The minimum atomic E-state index is -1.02. The summed E-state index contributed by atoms with van der Waals surface area (Å²) in [6.07, 6.45) is 6.76. The van der Waals surface area contributed by atoms with E-state index < -0.39 is 5.97 Å². The highest BCUT2D eigenvalue weighted by Crippen LogP contribution is 2.52. The van der Waals surface area contributed by atoms with Crippen molar-refractivity contribution in [2.75, 3.05) is 11.5 Å². The Morgan fingerprint density at radius 3 is 2.37 bits per heavy atom. The molecule has 1 aromatic heterocycles. The fraction of sp³-hybridized carbons (Fsp3) is 0.667.